The summed E-state index contributed by atoms with van der Waals surface area (Å²) >= 11 is 0. The number of aryl methyl sites for hydroxylation is 1. The molecule has 1 aromatic carbocycles. The number of benzene rings is 1. The fourth-order valence-corrected chi connectivity index (χ4v) is 2.03. The van der Waals surface area contributed by atoms with Crippen molar-refractivity contribution in [2.24, 2.45) is 0 Å². The van der Waals surface area contributed by atoms with Crippen LogP contribution in [0.1, 0.15) is 18.1 Å². The summed E-state index contributed by atoms with van der Waals surface area (Å²) < 4.78 is 2.00. The van der Waals surface area contributed by atoms with E-state index in [-0.39, 0.29) is 16.7 Å². The molecule has 1 unspecified atom stereocenters. The van der Waals surface area contributed by atoms with Crippen LogP contribution in [0.15, 0.2) is 36.9 Å². The summed E-state index contributed by atoms with van der Waals surface area (Å²) in [7, 11) is 0. The van der Waals surface area contributed by atoms with E-state index < -0.39 is 0 Å². The van der Waals surface area contributed by atoms with E-state index >= 15 is 0 Å². The van der Waals surface area contributed by atoms with Gasteiger partial charge in [-0.25, -0.2) is 4.98 Å². The Hall–Kier alpha value is -2.21. The first-order chi connectivity index (χ1) is 9.56. The number of hydrogen-bond donors (Lipinski definition) is 1. The lowest BCUT2D eigenvalue weighted by Gasteiger charge is -2.14. The number of imidazole rings is 1. The smallest absolute Gasteiger partial charge is 0.272 e. The van der Waals surface area contributed by atoms with Crippen LogP contribution in [0.25, 0.3) is 0 Å². The van der Waals surface area contributed by atoms with E-state index in [0.29, 0.717) is 12.1 Å². The van der Waals surface area contributed by atoms with Gasteiger partial charge < -0.3 is 9.88 Å². The third-order valence-electron chi connectivity index (χ3n) is 3.17. The molecule has 0 radical (unpaired) electrons. The standard InChI is InChI=1S/C14H18N4O2/c1-11-3-4-13(7-14(11)18(19)20)8-16-12(2)9-17-6-5-15-10-17/h3-7,10,12,16H,8-9H2,1-2H3. The molecule has 0 saturated heterocycles. The van der Waals surface area contributed by atoms with Crippen molar-refractivity contribution < 1.29 is 4.92 Å². The van der Waals surface area contributed by atoms with Crippen LogP contribution in [0.4, 0.5) is 5.69 Å². The topological polar surface area (TPSA) is 73.0 Å². The van der Waals surface area contributed by atoms with Crippen molar-refractivity contribution in [1.82, 2.24) is 14.9 Å². The molecule has 106 valence electrons. The average Bonchev–Trinajstić information content (AvgIpc) is 2.90. The van der Waals surface area contributed by atoms with E-state index in [4.69, 9.17) is 0 Å². The molecule has 1 heterocycles. The Morgan fingerprint density at radius 2 is 2.30 bits per heavy atom. The quantitative estimate of drug-likeness (QED) is 0.648. The van der Waals surface area contributed by atoms with Crippen LogP contribution in [0, 0.1) is 17.0 Å². The number of nitrogens with one attached hydrogen (secondary N) is 1. The Bertz CT molecular complexity index is 581. The van der Waals surface area contributed by atoms with Crippen LogP contribution in [-0.4, -0.2) is 20.5 Å². The molecule has 0 aliphatic rings. The largest absolute Gasteiger partial charge is 0.336 e. The third kappa shape index (κ3) is 3.64. The fraction of sp³-hybridized carbons (Fsp3) is 0.357. The number of nitro benzene ring substituents is 1. The van der Waals surface area contributed by atoms with Crippen LogP contribution in [0.3, 0.4) is 0 Å². The van der Waals surface area contributed by atoms with E-state index in [1.54, 1.807) is 31.6 Å². The maximum Gasteiger partial charge on any atom is 0.272 e. The monoisotopic (exact) mass is 274 g/mol. The summed E-state index contributed by atoms with van der Waals surface area (Å²) in [5, 5.41) is 14.3. The lowest BCUT2D eigenvalue weighted by Crippen LogP contribution is -2.29. The molecule has 6 heteroatoms. The van der Waals surface area contributed by atoms with Crippen molar-refractivity contribution in [3.05, 3.63) is 58.2 Å². The van der Waals surface area contributed by atoms with E-state index in [1.165, 1.54) is 0 Å². The highest BCUT2D eigenvalue weighted by Crippen LogP contribution is 2.19. The van der Waals surface area contributed by atoms with E-state index in [2.05, 4.69) is 17.2 Å². The predicted molar refractivity (Wildman–Crippen MR) is 76.4 cm³/mol. The Labute approximate surface area is 117 Å². The van der Waals surface area contributed by atoms with Gasteiger partial charge in [-0.1, -0.05) is 12.1 Å². The maximum atomic E-state index is 10.9. The van der Waals surface area contributed by atoms with Gasteiger partial charge >= 0.3 is 0 Å². The lowest BCUT2D eigenvalue weighted by atomic mass is 10.1. The van der Waals surface area contributed by atoms with Crippen molar-refractivity contribution in [1.29, 1.82) is 0 Å². The molecular formula is C14H18N4O2. The van der Waals surface area contributed by atoms with Gasteiger partial charge in [-0.05, 0) is 19.4 Å². The molecule has 1 aromatic heterocycles. The minimum absolute atomic E-state index is 0.173. The van der Waals surface area contributed by atoms with E-state index in [1.807, 2.05) is 16.8 Å². The number of nitro groups is 1. The molecular weight excluding hydrogens is 256 g/mol. The van der Waals surface area contributed by atoms with Gasteiger partial charge in [0.05, 0.1) is 11.3 Å². The zero-order chi connectivity index (χ0) is 14.5. The lowest BCUT2D eigenvalue weighted by molar-refractivity contribution is -0.385. The summed E-state index contributed by atoms with van der Waals surface area (Å²) in [6.45, 7) is 5.24. The first kappa shape index (κ1) is 14.2. The van der Waals surface area contributed by atoms with Gasteiger partial charge in [-0.2, -0.15) is 0 Å². The molecule has 6 nitrogen and oxygen atoms in total. The third-order valence-corrected chi connectivity index (χ3v) is 3.17. The number of hydrogen-bond acceptors (Lipinski definition) is 4. The first-order valence-electron chi connectivity index (χ1n) is 6.49. The second-order valence-electron chi connectivity index (χ2n) is 4.92. The molecule has 1 atom stereocenters. The maximum absolute atomic E-state index is 10.9. The number of nitrogens with zero attached hydrogens (tertiary/aromatic N) is 3. The van der Waals surface area contributed by atoms with Gasteiger partial charge in [0.25, 0.3) is 5.69 Å². The second-order valence-corrected chi connectivity index (χ2v) is 4.92. The summed E-state index contributed by atoms with van der Waals surface area (Å²) in [6, 6.07) is 5.59. The normalized spacial score (nSPS) is 12.3. The molecule has 1 N–H and O–H groups in total. The predicted octanol–water partition coefficient (Wildman–Crippen LogP) is 2.28. The Balaban J connectivity index is 1.93. The summed E-state index contributed by atoms with van der Waals surface area (Å²) in [5.41, 5.74) is 1.77. The SMILES string of the molecule is Cc1ccc(CNC(C)Cn2ccnc2)cc1[N+](=O)[O-]. The molecule has 0 fully saturated rings. The Morgan fingerprint density at radius 1 is 1.50 bits per heavy atom. The van der Waals surface area contributed by atoms with E-state index in [9.17, 15) is 10.1 Å². The Morgan fingerprint density at radius 3 is 2.95 bits per heavy atom. The van der Waals surface area contributed by atoms with Crippen LogP contribution < -0.4 is 5.32 Å². The average molecular weight is 274 g/mol. The summed E-state index contributed by atoms with van der Waals surface area (Å²) in [6.07, 6.45) is 5.43. The van der Waals surface area contributed by atoms with Crippen LogP contribution in [0.5, 0.6) is 0 Å². The minimum Gasteiger partial charge on any atom is -0.336 e. The van der Waals surface area contributed by atoms with Gasteiger partial charge in [0.2, 0.25) is 0 Å². The van der Waals surface area contributed by atoms with Gasteiger partial charge in [0.1, 0.15) is 0 Å². The fourth-order valence-electron chi connectivity index (χ4n) is 2.03. The van der Waals surface area contributed by atoms with Crippen molar-refractivity contribution in [3.8, 4) is 0 Å². The van der Waals surface area contributed by atoms with Gasteiger partial charge in [-0.3, -0.25) is 10.1 Å². The van der Waals surface area contributed by atoms with Gasteiger partial charge in [-0.15, -0.1) is 0 Å². The molecule has 2 rings (SSSR count). The second kappa shape index (κ2) is 6.29. The van der Waals surface area contributed by atoms with Crippen molar-refractivity contribution in [2.45, 2.75) is 33.0 Å². The molecule has 0 amide bonds. The summed E-state index contributed by atoms with van der Waals surface area (Å²) in [5.74, 6) is 0. The molecule has 20 heavy (non-hydrogen) atoms. The van der Waals surface area contributed by atoms with Crippen molar-refractivity contribution in [2.75, 3.05) is 0 Å². The molecule has 0 spiro atoms. The van der Waals surface area contributed by atoms with Crippen molar-refractivity contribution >= 4 is 5.69 Å². The first-order valence-corrected chi connectivity index (χ1v) is 6.49. The number of rotatable bonds is 6. The van der Waals surface area contributed by atoms with E-state index in [0.717, 1.165) is 12.1 Å². The highest BCUT2D eigenvalue weighted by atomic mass is 16.6. The zero-order valence-electron chi connectivity index (χ0n) is 11.6. The van der Waals surface area contributed by atoms with Gasteiger partial charge in [0, 0.05) is 43.2 Å². The molecule has 0 saturated carbocycles. The molecule has 0 bridgehead atoms. The van der Waals surface area contributed by atoms with Gasteiger partial charge in [0.15, 0.2) is 0 Å². The summed E-state index contributed by atoms with van der Waals surface area (Å²) in [4.78, 5) is 14.6. The molecule has 0 aliphatic heterocycles. The molecule has 0 aliphatic carbocycles. The highest BCUT2D eigenvalue weighted by molar-refractivity contribution is 5.42. The highest BCUT2D eigenvalue weighted by Gasteiger charge is 2.11. The minimum atomic E-state index is -0.340. The van der Waals surface area contributed by atoms with Crippen molar-refractivity contribution in [3.63, 3.8) is 0 Å². The van der Waals surface area contributed by atoms with Crippen LogP contribution in [0.2, 0.25) is 0 Å². The van der Waals surface area contributed by atoms with Crippen LogP contribution in [-0.2, 0) is 13.1 Å². The Kier molecular flexibility index (Phi) is 4.47. The molecule has 2 aromatic rings. The zero-order valence-corrected chi connectivity index (χ0v) is 11.6. The number of aromatic nitrogens is 2. The van der Waals surface area contributed by atoms with Crippen LogP contribution >= 0.6 is 0 Å².